The molecule has 0 spiro atoms. The van der Waals surface area contributed by atoms with Crippen molar-refractivity contribution in [3.05, 3.63) is 30.5 Å². The number of amides is 1. The second-order valence-electron chi connectivity index (χ2n) is 5.62. The number of nitrogens with zero attached hydrogens (tertiary/aromatic N) is 1. The van der Waals surface area contributed by atoms with Gasteiger partial charge in [-0.15, -0.1) is 0 Å². The highest BCUT2D eigenvalue weighted by Crippen LogP contribution is 2.34. The number of carbonyl (C=O) groups is 1. The molecule has 1 aromatic carbocycles. The van der Waals surface area contributed by atoms with Crippen molar-refractivity contribution in [2.24, 2.45) is 11.7 Å². The fourth-order valence-electron chi connectivity index (χ4n) is 2.20. The molecule has 0 saturated heterocycles. The summed E-state index contributed by atoms with van der Waals surface area (Å²) in [6.45, 7) is 3.92. The van der Waals surface area contributed by atoms with Crippen molar-refractivity contribution in [2.45, 2.75) is 26.3 Å². The van der Waals surface area contributed by atoms with E-state index in [0.29, 0.717) is 23.5 Å². The van der Waals surface area contributed by atoms with E-state index in [1.807, 2.05) is 13.8 Å². The third kappa shape index (κ3) is 4.07. The van der Waals surface area contributed by atoms with Gasteiger partial charge in [-0.3, -0.25) is 4.79 Å². The summed E-state index contributed by atoms with van der Waals surface area (Å²) in [7, 11) is 1.45. The predicted molar refractivity (Wildman–Crippen MR) is 84.5 cm³/mol. The zero-order valence-electron chi connectivity index (χ0n) is 13.3. The summed E-state index contributed by atoms with van der Waals surface area (Å²) in [4.78, 5) is 15.8. The molecule has 7 heteroatoms. The molecule has 0 aliphatic carbocycles. The monoisotopic (exact) mass is 321 g/mol. The van der Waals surface area contributed by atoms with Gasteiger partial charge in [0, 0.05) is 6.07 Å². The number of rotatable bonds is 6. The number of ether oxygens (including phenoxy) is 1. The van der Waals surface area contributed by atoms with Gasteiger partial charge in [-0.25, -0.2) is 9.37 Å². The predicted octanol–water partition coefficient (Wildman–Crippen LogP) is 2.80. The molecule has 1 atom stereocenters. The minimum atomic E-state index is -0.700. The molecule has 0 aliphatic rings. The Morgan fingerprint density at radius 3 is 2.78 bits per heavy atom. The molecule has 0 bridgehead atoms. The van der Waals surface area contributed by atoms with E-state index in [9.17, 15) is 9.18 Å². The number of nitrogens with two attached hydrogens (primary N) is 1. The Morgan fingerprint density at radius 2 is 2.22 bits per heavy atom. The smallest absolute Gasteiger partial charge is 0.241 e. The summed E-state index contributed by atoms with van der Waals surface area (Å²) >= 11 is 0. The maximum Gasteiger partial charge on any atom is 0.241 e. The largest absolute Gasteiger partial charge is 0.496 e. The molecule has 0 radical (unpaired) electrons. The van der Waals surface area contributed by atoms with E-state index in [1.165, 1.54) is 31.8 Å². The number of nitrogens with one attached hydrogen (secondary N) is 1. The van der Waals surface area contributed by atoms with Crippen molar-refractivity contribution in [3.8, 4) is 17.1 Å². The van der Waals surface area contributed by atoms with Crippen LogP contribution in [0.5, 0.6) is 5.75 Å². The van der Waals surface area contributed by atoms with Crippen LogP contribution in [0.2, 0.25) is 0 Å². The van der Waals surface area contributed by atoms with Gasteiger partial charge in [0.05, 0.1) is 30.6 Å². The van der Waals surface area contributed by atoms with Crippen LogP contribution in [0.25, 0.3) is 11.3 Å². The summed E-state index contributed by atoms with van der Waals surface area (Å²) in [6.07, 6.45) is 3.21. The van der Waals surface area contributed by atoms with Crippen LogP contribution >= 0.6 is 0 Å². The molecule has 0 fully saturated rings. The van der Waals surface area contributed by atoms with Crippen LogP contribution < -0.4 is 15.8 Å². The number of aromatic nitrogens is 1. The number of oxazole rings is 1. The molecule has 124 valence electrons. The standard InChI is InChI=1S/C16H20FN3O3/c1-9(2)4-12(18)16(21)20-13-6-14(22-3)10(5-11(13)17)15-7-19-8-23-15/h5-9,12H,4,18H2,1-3H3,(H,20,21)/t12-/m1/s1. The molecule has 0 saturated carbocycles. The molecule has 0 aliphatic heterocycles. The van der Waals surface area contributed by atoms with Crippen molar-refractivity contribution in [1.82, 2.24) is 4.98 Å². The molecule has 1 heterocycles. The molecule has 3 N–H and O–H groups in total. The Balaban J connectivity index is 2.25. The number of halogens is 1. The minimum absolute atomic E-state index is 0.00863. The molecule has 23 heavy (non-hydrogen) atoms. The van der Waals surface area contributed by atoms with E-state index < -0.39 is 17.8 Å². The van der Waals surface area contributed by atoms with Crippen LogP contribution in [-0.2, 0) is 4.79 Å². The van der Waals surface area contributed by atoms with Gasteiger partial charge in [-0.2, -0.15) is 0 Å². The first-order valence-electron chi connectivity index (χ1n) is 7.25. The molecule has 2 rings (SSSR count). The summed E-state index contributed by atoms with van der Waals surface area (Å²) < 4.78 is 24.7. The fourth-order valence-corrected chi connectivity index (χ4v) is 2.20. The molecule has 6 nitrogen and oxygen atoms in total. The molecule has 2 aromatic rings. The van der Waals surface area contributed by atoms with Crippen LogP contribution in [0.1, 0.15) is 20.3 Å². The van der Waals surface area contributed by atoms with Crippen LogP contribution in [0.3, 0.4) is 0 Å². The van der Waals surface area contributed by atoms with E-state index in [0.717, 1.165) is 0 Å². The van der Waals surface area contributed by atoms with Crippen LogP contribution in [0, 0.1) is 11.7 Å². The number of anilines is 1. The third-order valence-corrected chi connectivity index (χ3v) is 3.31. The number of hydrogen-bond acceptors (Lipinski definition) is 5. The second-order valence-corrected chi connectivity index (χ2v) is 5.62. The highest BCUT2D eigenvalue weighted by molar-refractivity contribution is 5.95. The minimum Gasteiger partial charge on any atom is -0.496 e. The van der Waals surface area contributed by atoms with E-state index >= 15 is 0 Å². The van der Waals surface area contributed by atoms with Gasteiger partial charge in [0.1, 0.15) is 11.6 Å². The topological polar surface area (TPSA) is 90.4 Å². The van der Waals surface area contributed by atoms with Crippen LogP contribution in [0.4, 0.5) is 10.1 Å². The van der Waals surface area contributed by atoms with Crippen molar-refractivity contribution in [2.75, 3.05) is 12.4 Å². The van der Waals surface area contributed by atoms with E-state index in [-0.39, 0.29) is 11.6 Å². The van der Waals surface area contributed by atoms with Gasteiger partial charge >= 0.3 is 0 Å². The zero-order valence-corrected chi connectivity index (χ0v) is 13.3. The van der Waals surface area contributed by atoms with Crippen molar-refractivity contribution in [1.29, 1.82) is 0 Å². The van der Waals surface area contributed by atoms with Crippen LogP contribution in [0.15, 0.2) is 29.1 Å². The second kappa shape index (κ2) is 7.23. The molecular weight excluding hydrogens is 301 g/mol. The Hall–Kier alpha value is -2.41. The Morgan fingerprint density at radius 1 is 1.48 bits per heavy atom. The lowest BCUT2D eigenvalue weighted by atomic mass is 10.0. The van der Waals surface area contributed by atoms with Crippen LogP contribution in [-0.4, -0.2) is 24.0 Å². The highest BCUT2D eigenvalue weighted by atomic mass is 19.1. The van der Waals surface area contributed by atoms with E-state index in [4.69, 9.17) is 14.9 Å². The third-order valence-electron chi connectivity index (χ3n) is 3.31. The van der Waals surface area contributed by atoms with Gasteiger partial charge in [-0.1, -0.05) is 13.8 Å². The maximum atomic E-state index is 14.3. The normalized spacial score (nSPS) is 12.3. The molecular formula is C16H20FN3O3. The molecule has 1 aromatic heterocycles. The summed E-state index contributed by atoms with van der Waals surface area (Å²) in [5.41, 5.74) is 6.22. The first kappa shape index (κ1) is 17.0. The lowest BCUT2D eigenvalue weighted by Gasteiger charge is -2.16. The SMILES string of the molecule is COc1cc(NC(=O)[C@H](N)CC(C)C)c(F)cc1-c1cnco1. The van der Waals surface area contributed by atoms with E-state index in [2.05, 4.69) is 10.3 Å². The number of benzene rings is 1. The van der Waals surface area contributed by atoms with Crippen molar-refractivity contribution in [3.63, 3.8) is 0 Å². The quantitative estimate of drug-likeness (QED) is 0.854. The molecule has 1 amide bonds. The maximum absolute atomic E-state index is 14.3. The Bertz CT molecular complexity index is 671. The highest BCUT2D eigenvalue weighted by Gasteiger charge is 2.19. The van der Waals surface area contributed by atoms with Crippen molar-refractivity contribution >= 4 is 11.6 Å². The lowest BCUT2D eigenvalue weighted by molar-refractivity contribution is -0.117. The van der Waals surface area contributed by atoms with Gasteiger partial charge in [0.25, 0.3) is 0 Å². The number of hydrogen-bond donors (Lipinski definition) is 2. The van der Waals surface area contributed by atoms with Gasteiger partial charge in [0.15, 0.2) is 12.2 Å². The summed E-state index contributed by atoms with van der Waals surface area (Å²) in [5.74, 6) is -0.0515. The number of methoxy groups -OCH3 is 1. The Labute approximate surface area is 133 Å². The van der Waals surface area contributed by atoms with Gasteiger partial charge in [0.2, 0.25) is 5.91 Å². The summed E-state index contributed by atoms with van der Waals surface area (Å²) in [6, 6.07) is 1.92. The fraction of sp³-hybridized carbons (Fsp3) is 0.375. The van der Waals surface area contributed by atoms with E-state index in [1.54, 1.807) is 0 Å². The average molecular weight is 321 g/mol. The van der Waals surface area contributed by atoms with Crippen molar-refractivity contribution < 1.29 is 18.3 Å². The first-order chi connectivity index (χ1) is 10.9. The zero-order chi connectivity index (χ0) is 17.0. The number of carbonyl (C=O) groups excluding carboxylic acids is 1. The first-order valence-corrected chi connectivity index (χ1v) is 7.25. The molecule has 0 unspecified atom stereocenters. The Kier molecular flexibility index (Phi) is 5.33. The average Bonchev–Trinajstić information content (AvgIpc) is 3.02. The van der Waals surface area contributed by atoms with Gasteiger partial charge in [-0.05, 0) is 18.4 Å². The lowest BCUT2D eigenvalue weighted by Crippen LogP contribution is -2.36. The van der Waals surface area contributed by atoms with Gasteiger partial charge < -0.3 is 20.2 Å². The summed E-state index contributed by atoms with van der Waals surface area (Å²) in [5, 5.41) is 2.50.